The first-order chi connectivity index (χ1) is 16.9. The fraction of sp³-hybridized carbons (Fsp3) is 0.615. The number of carbonyl (C=O) groups is 2. The number of rotatable bonds is 7. The number of Topliss-reactive ketones (excluding diaryl/α,β-unsaturated/α-hetero) is 1. The molecule has 2 aromatic rings. The molecule has 0 saturated carbocycles. The van der Waals surface area contributed by atoms with E-state index in [1.54, 1.807) is 46.4 Å². The van der Waals surface area contributed by atoms with Gasteiger partial charge in [-0.05, 0) is 66.4 Å². The Hall–Kier alpha value is -2.53. The summed E-state index contributed by atoms with van der Waals surface area (Å²) in [7, 11) is 0. The van der Waals surface area contributed by atoms with Crippen LogP contribution in [-0.4, -0.2) is 55.4 Å². The van der Waals surface area contributed by atoms with Crippen molar-refractivity contribution in [2.24, 2.45) is 5.92 Å². The van der Waals surface area contributed by atoms with E-state index in [2.05, 4.69) is 15.3 Å². The Kier molecular flexibility index (Phi) is 8.10. The summed E-state index contributed by atoms with van der Waals surface area (Å²) in [6, 6.07) is 0.834. The van der Waals surface area contributed by atoms with Crippen molar-refractivity contribution in [1.82, 2.24) is 14.9 Å². The summed E-state index contributed by atoms with van der Waals surface area (Å²) in [5.41, 5.74) is -3.10. The standard InChI is InChI=1S/C26H35F3N4O3S/c1-14(25(6,7)36)11-18(34)22-31-20(23(35)33-10-8-9-15(33)2)21(37-22)16-13-30-19(32-24(3,4)5)12-17(16)26(27,28)29/h12-15,36H,8-11H2,1-7H3,(H,30,32)/t14-,15-/m0/s1. The summed E-state index contributed by atoms with van der Waals surface area (Å²) >= 11 is 0.761. The molecule has 1 aliphatic rings. The molecule has 0 aromatic carbocycles. The molecule has 204 valence electrons. The molecule has 1 amide bonds. The van der Waals surface area contributed by atoms with E-state index < -0.39 is 40.5 Å². The number of hydrogen-bond donors (Lipinski definition) is 2. The van der Waals surface area contributed by atoms with Crippen LogP contribution in [0.1, 0.15) is 93.6 Å². The Balaban J connectivity index is 2.15. The van der Waals surface area contributed by atoms with Crippen LogP contribution in [0.5, 0.6) is 0 Å². The monoisotopic (exact) mass is 540 g/mol. The second-order valence-electron chi connectivity index (χ2n) is 11.4. The molecule has 2 N–H and O–H groups in total. The summed E-state index contributed by atoms with van der Waals surface area (Å²) in [6.07, 6.45) is -2.16. The van der Waals surface area contributed by atoms with E-state index in [0.717, 1.165) is 36.4 Å². The average Bonchev–Trinajstić information content (AvgIpc) is 3.37. The van der Waals surface area contributed by atoms with Gasteiger partial charge >= 0.3 is 6.18 Å². The lowest BCUT2D eigenvalue weighted by molar-refractivity contribution is -0.137. The van der Waals surface area contributed by atoms with Gasteiger partial charge in [-0.1, -0.05) is 6.92 Å². The van der Waals surface area contributed by atoms with Gasteiger partial charge in [-0.3, -0.25) is 9.59 Å². The maximum absolute atomic E-state index is 14.2. The summed E-state index contributed by atoms with van der Waals surface area (Å²) < 4.78 is 42.7. The van der Waals surface area contributed by atoms with Crippen LogP contribution in [0.3, 0.4) is 0 Å². The van der Waals surface area contributed by atoms with Crippen molar-refractivity contribution < 1.29 is 27.9 Å². The Morgan fingerprint density at radius 3 is 2.41 bits per heavy atom. The molecule has 0 spiro atoms. The third-order valence-corrected chi connectivity index (χ3v) is 7.67. The maximum atomic E-state index is 14.2. The van der Waals surface area contributed by atoms with Gasteiger partial charge in [-0.15, -0.1) is 11.3 Å². The minimum Gasteiger partial charge on any atom is -0.390 e. The zero-order chi connectivity index (χ0) is 27.9. The Labute approximate surface area is 219 Å². The SMILES string of the molecule is C[C@H]1CCCN1C(=O)c1nc(C(=O)C[C@H](C)C(C)(C)O)sc1-c1cnc(NC(C)(C)C)cc1C(F)(F)F. The number of amides is 1. The number of ketones is 1. The third-order valence-electron chi connectivity index (χ3n) is 6.54. The maximum Gasteiger partial charge on any atom is 0.417 e. The van der Waals surface area contributed by atoms with Gasteiger partial charge < -0.3 is 15.3 Å². The van der Waals surface area contributed by atoms with E-state index in [0.29, 0.717) is 6.54 Å². The normalized spacial score (nSPS) is 17.7. The van der Waals surface area contributed by atoms with Crippen LogP contribution in [0.2, 0.25) is 0 Å². The second-order valence-corrected chi connectivity index (χ2v) is 12.4. The summed E-state index contributed by atoms with van der Waals surface area (Å²) in [4.78, 5) is 36.6. The predicted octanol–water partition coefficient (Wildman–Crippen LogP) is 6.04. The fourth-order valence-electron chi connectivity index (χ4n) is 4.08. The van der Waals surface area contributed by atoms with Crippen LogP contribution < -0.4 is 5.32 Å². The summed E-state index contributed by atoms with van der Waals surface area (Å²) in [5, 5.41) is 13.1. The lowest BCUT2D eigenvalue weighted by atomic mass is 9.88. The van der Waals surface area contributed by atoms with Crippen LogP contribution in [0.4, 0.5) is 19.0 Å². The van der Waals surface area contributed by atoms with Crippen LogP contribution >= 0.6 is 11.3 Å². The molecule has 0 radical (unpaired) electrons. The molecule has 2 aromatic heterocycles. The number of likely N-dealkylation sites (tertiary alicyclic amines) is 1. The smallest absolute Gasteiger partial charge is 0.390 e. The van der Waals surface area contributed by atoms with Crippen molar-refractivity contribution in [2.75, 3.05) is 11.9 Å². The molecule has 7 nitrogen and oxygen atoms in total. The minimum absolute atomic E-state index is 0.0366. The molecule has 1 saturated heterocycles. The molecular weight excluding hydrogens is 505 g/mol. The number of nitrogens with one attached hydrogen (secondary N) is 1. The first kappa shape index (κ1) is 29.0. The lowest BCUT2D eigenvalue weighted by Gasteiger charge is -2.24. The Bertz CT molecular complexity index is 1170. The molecule has 1 aliphatic heterocycles. The zero-order valence-corrected chi connectivity index (χ0v) is 23.1. The highest BCUT2D eigenvalue weighted by atomic mass is 32.1. The van der Waals surface area contributed by atoms with E-state index >= 15 is 0 Å². The molecule has 0 bridgehead atoms. The molecule has 37 heavy (non-hydrogen) atoms. The highest BCUT2D eigenvalue weighted by Gasteiger charge is 2.38. The molecule has 11 heteroatoms. The van der Waals surface area contributed by atoms with Gasteiger partial charge in [0.1, 0.15) is 11.5 Å². The number of aliphatic hydroxyl groups is 1. The van der Waals surface area contributed by atoms with Crippen molar-refractivity contribution in [1.29, 1.82) is 0 Å². The van der Waals surface area contributed by atoms with Crippen molar-refractivity contribution in [2.45, 2.75) is 91.1 Å². The van der Waals surface area contributed by atoms with Gasteiger partial charge in [-0.25, -0.2) is 9.97 Å². The van der Waals surface area contributed by atoms with Crippen LogP contribution in [0.15, 0.2) is 12.3 Å². The van der Waals surface area contributed by atoms with E-state index in [9.17, 15) is 27.9 Å². The summed E-state index contributed by atoms with van der Waals surface area (Å²) in [5.74, 6) is -1.33. The molecule has 3 heterocycles. The number of hydrogen-bond acceptors (Lipinski definition) is 7. The largest absolute Gasteiger partial charge is 0.417 e. The minimum atomic E-state index is -4.74. The zero-order valence-electron chi connectivity index (χ0n) is 22.3. The summed E-state index contributed by atoms with van der Waals surface area (Å²) in [6.45, 7) is 12.6. The van der Waals surface area contributed by atoms with Crippen LogP contribution in [0.25, 0.3) is 10.4 Å². The van der Waals surface area contributed by atoms with Gasteiger partial charge in [0, 0.05) is 36.3 Å². The second kappa shape index (κ2) is 10.3. The van der Waals surface area contributed by atoms with Gasteiger partial charge in [0.25, 0.3) is 5.91 Å². The molecule has 3 rings (SSSR count). The number of nitrogens with zero attached hydrogens (tertiary/aromatic N) is 3. The molecule has 0 aliphatic carbocycles. The Morgan fingerprint density at radius 1 is 1.24 bits per heavy atom. The van der Waals surface area contributed by atoms with Gasteiger partial charge in [0.2, 0.25) is 0 Å². The van der Waals surface area contributed by atoms with Gasteiger partial charge in [0.05, 0.1) is 16.0 Å². The van der Waals surface area contributed by atoms with Gasteiger partial charge in [-0.2, -0.15) is 13.2 Å². The first-order valence-corrected chi connectivity index (χ1v) is 13.1. The molecule has 1 fully saturated rings. The number of alkyl halides is 3. The Morgan fingerprint density at radius 2 is 1.89 bits per heavy atom. The number of halogens is 3. The van der Waals surface area contributed by atoms with E-state index in [1.807, 2.05) is 6.92 Å². The van der Waals surface area contributed by atoms with Crippen LogP contribution in [-0.2, 0) is 6.18 Å². The third kappa shape index (κ3) is 6.87. The number of pyridine rings is 1. The molecular formula is C26H35F3N4O3S. The number of carbonyl (C=O) groups excluding carboxylic acids is 2. The topological polar surface area (TPSA) is 95.4 Å². The van der Waals surface area contributed by atoms with Crippen molar-refractivity contribution in [3.63, 3.8) is 0 Å². The number of thiazole rings is 1. The van der Waals surface area contributed by atoms with E-state index in [-0.39, 0.29) is 39.4 Å². The van der Waals surface area contributed by atoms with E-state index in [4.69, 9.17) is 0 Å². The van der Waals surface area contributed by atoms with E-state index in [1.165, 1.54) is 0 Å². The van der Waals surface area contributed by atoms with Crippen LogP contribution in [0, 0.1) is 5.92 Å². The van der Waals surface area contributed by atoms with Crippen molar-refractivity contribution in [3.8, 4) is 10.4 Å². The molecule has 0 unspecified atom stereocenters. The van der Waals surface area contributed by atoms with Crippen molar-refractivity contribution in [3.05, 3.63) is 28.5 Å². The van der Waals surface area contributed by atoms with Crippen molar-refractivity contribution >= 4 is 28.8 Å². The fourth-order valence-corrected chi connectivity index (χ4v) is 5.11. The number of anilines is 1. The number of aromatic nitrogens is 2. The quantitative estimate of drug-likeness (QED) is 0.416. The lowest BCUT2D eigenvalue weighted by Crippen LogP contribution is -2.34. The van der Waals surface area contributed by atoms with Gasteiger partial charge in [0.15, 0.2) is 10.8 Å². The highest BCUT2D eigenvalue weighted by Crippen LogP contribution is 2.42. The molecule has 2 atom stereocenters. The highest BCUT2D eigenvalue weighted by molar-refractivity contribution is 7.17. The predicted molar refractivity (Wildman–Crippen MR) is 138 cm³/mol. The first-order valence-electron chi connectivity index (χ1n) is 12.3. The average molecular weight is 541 g/mol.